The first-order valence-corrected chi connectivity index (χ1v) is 6.29. The summed E-state index contributed by atoms with van der Waals surface area (Å²) in [5.74, 6) is 1.01. The normalized spacial score (nSPS) is 17.9. The summed E-state index contributed by atoms with van der Waals surface area (Å²) in [5, 5.41) is 3.40. The third kappa shape index (κ3) is 2.76. The number of rotatable bonds is 5. The van der Waals surface area contributed by atoms with E-state index in [9.17, 15) is 0 Å². The Bertz CT molecular complexity index is 316. The van der Waals surface area contributed by atoms with Crippen molar-refractivity contribution in [3.8, 4) is 5.75 Å². The van der Waals surface area contributed by atoms with Gasteiger partial charge in [-0.1, -0.05) is 19.1 Å². The van der Waals surface area contributed by atoms with Gasteiger partial charge in [0.15, 0.2) is 0 Å². The fourth-order valence-corrected chi connectivity index (χ4v) is 1.94. The molecule has 1 saturated carbocycles. The molecule has 0 aliphatic heterocycles. The molecule has 0 spiro atoms. The lowest BCUT2D eigenvalue weighted by Gasteiger charge is -2.26. The second-order valence-corrected chi connectivity index (χ2v) is 4.52. The minimum atomic E-state index is 0.419. The summed E-state index contributed by atoms with van der Waals surface area (Å²) in [6.07, 6.45) is 4.22. The first-order valence-electron chi connectivity index (χ1n) is 6.29. The highest BCUT2D eigenvalue weighted by Crippen LogP contribution is 2.26. The molecule has 1 aromatic carbocycles. The van der Waals surface area contributed by atoms with E-state index < -0.39 is 0 Å². The van der Waals surface area contributed by atoms with Crippen molar-refractivity contribution < 1.29 is 4.74 Å². The van der Waals surface area contributed by atoms with Crippen LogP contribution < -0.4 is 10.1 Å². The highest BCUT2D eigenvalue weighted by molar-refractivity contribution is 5.29. The Morgan fingerprint density at radius 1 is 1.31 bits per heavy atom. The van der Waals surface area contributed by atoms with Gasteiger partial charge in [0.2, 0.25) is 0 Å². The van der Waals surface area contributed by atoms with Crippen molar-refractivity contribution >= 4 is 0 Å². The predicted molar refractivity (Wildman–Crippen MR) is 66.8 cm³/mol. The van der Waals surface area contributed by atoms with Crippen LogP contribution in [-0.4, -0.2) is 12.6 Å². The van der Waals surface area contributed by atoms with Gasteiger partial charge in [-0.3, -0.25) is 0 Å². The Hall–Kier alpha value is -1.02. The molecule has 88 valence electrons. The third-order valence-corrected chi connectivity index (χ3v) is 3.25. The Labute approximate surface area is 98.0 Å². The van der Waals surface area contributed by atoms with Crippen LogP contribution >= 0.6 is 0 Å². The number of ether oxygens (including phenoxy) is 1. The average molecular weight is 219 g/mol. The van der Waals surface area contributed by atoms with E-state index in [-0.39, 0.29) is 0 Å². The fraction of sp³-hybridized carbons (Fsp3) is 0.571. The van der Waals surface area contributed by atoms with Gasteiger partial charge in [-0.05, 0) is 50.4 Å². The maximum Gasteiger partial charge on any atom is 0.119 e. The van der Waals surface area contributed by atoms with Crippen LogP contribution in [0.5, 0.6) is 5.75 Å². The van der Waals surface area contributed by atoms with Crippen molar-refractivity contribution in [1.29, 1.82) is 0 Å². The van der Waals surface area contributed by atoms with Gasteiger partial charge in [0.25, 0.3) is 0 Å². The SMILES string of the molecule is CCNC(C)c1ccc(OC2CCC2)cc1. The van der Waals surface area contributed by atoms with E-state index in [0.717, 1.165) is 12.3 Å². The maximum atomic E-state index is 5.82. The zero-order valence-electron chi connectivity index (χ0n) is 10.2. The van der Waals surface area contributed by atoms with Crippen molar-refractivity contribution in [2.75, 3.05) is 6.54 Å². The van der Waals surface area contributed by atoms with E-state index in [1.54, 1.807) is 0 Å². The lowest BCUT2D eigenvalue weighted by Crippen LogP contribution is -2.24. The van der Waals surface area contributed by atoms with Gasteiger partial charge in [0, 0.05) is 6.04 Å². The molecular weight excluding hydrogens is 198 g/mol. The van der Waals surface area contributed by atoms with E-state index in [1.807, 2.05) is 0 Å². The molecular formula is C14H21NO. The molecule has 1 N–H and O–H groups in total. The van der Waals surface area contributed by atoms with Crippen LogP contribution in [0.25, 0.3) is 0 Å². The van der Waals surface area contributed by atoms with Gasteiger partial charge in [-0.15, -0.1) is 0 Å². The number of nitrogens with one attached hydrogen (secondary N) is 1. The van der Waals surface area contributed by atoms with Crippen LogP contribution in [0, 0.1) is 0 Å². The lowest BCUT2D eigenvalue weighted by molar-refractivity contribution is 0.120. The van der Waals surface area contributed by atoms with Crippen molar-refractivity contribution in [3.63, 3.8) is 0 Å². The average Bonchev–Trinajstić information content (AvgIpc) is 2.25. The zero-order chi connectivity index (χ0) is 11.4. The predicted octanol–water partition coefficient (Wildman–Crippen LogP) is 3.29. The van der Waals surface area contributed by atoms with E-state index in [1.165, 1.54) is 24.8 Å². The maximum absolute atomic E-state index is 5.82. The summed E-state index contributed by atoms with van der Waals surface area (Å²) in [6.45, 7) is 5.32. The van der Waals surface area contributed by atoms with Gasteiger partial charge < -0.3 is 10.1 Å². The number of benzene rings is 1. The van der Waals surface area contributed by atoms with Crippen LogP contribution in [0.2, 0.25) is 0 Å². The summed E-state index contributed by atoms with van der Waals surface area (Å²) in [4.78, 5) is 0. The largest absolute Gasteiger partial charge is 0.490 e. The summed E-state index contributed by atoms with van der Waals surface area (Å²) < 4.78 is 5.82. The van der Waals surface area contributed by atoms with Crippen LogP contribution in [0.1, 0.15) is 44.7 Å². The molecule has 2 rings (SSSR count). The Morgan fingerprint density at radius 2 is 2.00 bits per heavy atom. The van der Waals surface area contributed by atoms with E-state index in [4.69, 9.17) is 4.74 Å². The van der Waals surface area contributed by atoms with Crippen molar-refractivity contribution in [2.24, 2.45) is 0 Å². The molecule has 1 aromatic rings. The molecule has 1 fully saturated rings. The monoisotopic (exact) mass is 219 g/mol. The molecule has 16 heavy (non-hydrogen) atoms. The minimum Gasteiger partial charge on any atom is -0.490 e. The highest BCUT2D eigenvalue weighted by atomic mass is 16.5. The molecule has 2 nitrogen and oxygen atoms in total. The van der Waals surface area contributed by atoms with Gasteiger partial charge >= 0.3 is 0 Å². The summed E-state index contributed by atoms with van der Waals surface area (Å²) in [6, 6.07) is 8.90. The topological polar surface area (TPSA) is 21.3 Å². The summed E-state index contributed by atoms with van der Waals surface area (Å²) in [5.41, 5.74) is 1.32. The number of hydrogen-bond donors (Lipinski definition) is 1. The van der Waals surface area contributed by atoms with E-state index in [0.29, 0.717) is 12.1 Å². The Kier molecular flexibility index (Phi) is 3.83. The van der Waals surface area contributed by atoms with Crippen LogP contribution in [0.15, 0.2) is 24.3 Å². The Morgan fingerprint density at radius 3 is 2.50 bits per heavy atom. The molecule has 1 atom stereocenters. The molecule has 2 heteroatoms. The first kappa shape index (κ1) is 11.5. The second-order valence-electron chi connectivity index (χ2n) is 4.52. The van der Waals surface area contributed by atoms with Crippen molar-refractivity contribution in [3.05, 3.63) is 29.8 Å². The summed E-state index contributed by atoms with van der Waals surface area (Å²) >= 11 is 0. The van der Waals surface area contributed by atoms with Gasteiger partial charge in [0.05, 0.1) is 6.10 Å². The fourth-order valence-electron chi connectivity index (χ4n) is 1.94. The molecule has 0 heterocycles. The van der Waals surface area contributed by atoms with E-state index in [2.05, 4.69) is 43.4 Å². The van der Waals surface area contributed by atoms with Crippen molar-refractivity contribution in [1.82, 2.24) is 5.32 Å². The third-order valence-electron chi connectivity index (χ3n) is 3.25. The minimum absolute atomic E-state index is 0.419. The zero-order valence-corrected chi connectivity index (χ0v) is 10.2. The Balaban J connectivity index is 1.92. The second kappa shape index (κ2) is 5.35. The van der Waals surface area contributed by atoms with Gasteiger partial charge in [-0.25, -0.2) is 0 Å². The van der Waals surface area contributed by atoms with Crippen molar-refractivity contribution in [2.45, 2.75) is 45.3 Å². The van der Waals surface area contributed by atoms with Gasteiger partial charge in [-0.2, -0.15) is 0 Å². The quantitative estimate of drug-likeness (QED) is 0.820. The lowest BCUT2D eigenvalue weighted by atomic mass is 9.96. The first-order chi connectivity index (χ1) is 7.79. The molecule has 1 aliphatic carbocycles. The standard InChI is InChI=1S/C14H21NO/c1-3-15-11(2)12-7-9-14(10-8-12)16-13-5-4-6-13/h7-11,13,15H,3-6H2,1-2H3. The van der Waals surface area contributed by atoms with Crippen LogP contribution in [-0.2, 0) is 0 Å². The molecule has 0 bridgehead atoms. The molecule has 0 radical (unpaired) electrons. The van der Waals surface area contributed by atoms with Crippen LogP contribution in [0.3, 0.4) is 0 Å². The van der Waals surface area contributed by atoms with Crippen LogP contribution in [0.4, 0.5) is 0 Å². The van der Waals surface area contributed by atoms with E-state index >= 15 is 0 Å². The molecule has 1 unspecified atom stereocenters. The molecule has 0 amide bonds. The van der Waals surface area contributed by atoms with Gasteiger partial charge in [0.1, 0.15) is 5.75 Å². The number of hydrogen-bond acceptors (Lipinski definition) is 2. The highest BCUT2D eigenvalue weighted by Gasteiger charge is 2.18. The molecule has 1 aliphatic rings. The summed E-state index contributed by atoms with van der Waals surface area (Å²) in [7, 11) is 0. The smallest absolute Gasteiger partial charge is 0.119 e. The molecule has 0 saturated heterocycles. The molecule has 0 aromatic heterocycles.